The standard InChI is InChI=1S/C18H35NO6P2.Na.H/c1-6-25-27(23,24)18(26(20,21)22)19-14-13-17(5)12-8-11-16(4)10-7-9-15(2)3;;/h9,11,13,18-19H,6-8,10,12,14H2,1-5H3,(H,23,24)(H2,20,21,22);;/b16-11+,17-13+;;. The average Bonchev–Trinajstić information content (AvgIpc) is 2.49. The molecule has 0 saturated heterocycles. The van der Waals surface area contributed by atoms with Crippen LogP contribution in [0.1, 0.15) is 60.3 Å². The third-order valence-corrected chi connectivity index (χ3v) is 7.84. The van der Waals surface area contributed by atoms with Gasteiger partial charge in [-0.1, -0.05) is 34.9 Å². The van der Waals surface area contributed by atoms with Gasteiger partial charge in [-0.3, -0.25) is 14.4 Å². The molecule has 0 saturated carbocycles. The van der Waals surface area contributed by atoms with Gasteiger partial charge in [-0.25, -0.2) is 0 Å². The molecule has 4 N–H and O–H groups in total. The van der Waals surface area contributed by atoms with Gasteiger partial charge in [-0.15, -0.1) is 0 Å². The Kier molecular flexibility index (Phi) is 16.8. The predicted octanol–water partition coefficient (Wildman–Crippen LogP) is 4.03. The topological polar surface area (TPSA) is 116 Å². The predicted molar refractivity (Wildman–Crippen MR) is 118 cm³/mol. The third-order valence-electron chi connectivity index (χ3n) is 3.82. The molecule has 160 valence electrons. The van der Waals surface area contributed by atoms with Crippen LogP contribution >= 0.6 is 15.2 Å². The number of hydrogen-bond donors (Lipinski definition) is 4. The summed E-state index contributed by atoms with van der Waals surface area (Å²) < 4.78 is 28.1. The van der Waals surface area contributed by atoms with Gasteiger partial charge in [0.1, 0.15) is 0 Å². The summed E-state index contributed by atoms with van der Waals surface area (Å²) in [5.41, 5.74) is 1.76. The number of nitrogens with one attached hydrogen (secondary N) is 1. The van der Waals surface area contributed by atoms with Crippen LogP contribution in [-0.4, -0.2) is 62.9 Å². The van der Waals surface area contributed by atoms with Crippen molar-refractivity contribution in [2.45, 2.75) is 65.8 Å². The van der Waals surface area contributed by atoms with Crippen molar-refractivity contribution in [1.29, 1.82) is 0 Å². The molecule has 0 aliphatic rings. The van der Waals surface area contributed by atoms with E-state index in [1.165, 1.54) is 18.1 Å². The summed E-state index contributed by atoms with van der Waals surface area (Å²) in [6.07, 6.45) is 9.93. The van der Waals surface area contributed by atoms with Gasteiger partial charge in [0.15, 0.2) is 0 Å². The van der Waals surface area contributed by atoms with E-state index in [1.54, 1.807) is 6.08 Å². The van der Waals surface area contributed by atoms with Crippen LogP contribution in [0.25, 0.3) is 0 Å². The Balaban J connectivity index is 0. The van der Waals surface area contributed by atoms with Gasteiger partial charge in [-0.2, -0.15) is 0 Å². The maximum absolute atomic E-state index is 12.0. The second-order valence-electron chi connectivity index (χ2n) is 6.81. The van der Waals surface area contributed by atoms with Crippen LogP contribution in [0.3, 0.4) is 0 Å². The van der Waals surface area contributed by atoms with Gasteiger partial charge >= 0.3 is 44.7 Å². The SMILES string of the molecule is CCOP(=O)(O)C(NC/C=C(\C)CC/C=C(\C)CCC=C(C)C)P(=O)(O)O.[NaH]. The van der Waals surface area contributed by atoms with Gasteiger partial charge in [0, 0.05) is 6.54 Å². The summed E-state index contributed by atoms with van der Waals surface area (Å²) >= 11 is 0. The molecule has 2 unspecified atom stereocenters. The van der Waals surface area contributed by atoms with Crippen molar-refractivity contribution in [3.8, 4) is 0 Å². The average molecular weight is 447 g/mol. The molecule has 0 amide bonds. The Labute approximate surface area is 191 Å². The van der Waals surface area contributed by atoms with E-state index in [0.717, 1.165) is 31.3 Å². The summed E-state index contributed by atoms with van der Waals surface area (Å²) in [4.78, 5) is 28.4. The first-order valence-corrected chi connectivity index (χ1v) is 12.4. The molecular weight excluding hydrogens is 411 g/mol. The molecular formula is C18H36NNaO6P2. The molecule has 0 spiro atoms. The van der Waals surface area contributed by atoms with Crippen molar-refractivity contribution in [2.24, 2.45) is 0 Å². The summed E-state index contributed by atoms with van der Waals surface area (Å²) in [5, 5.41) is 2.45. The van der Waals surface area contributed by atoms with Crippen molar-refractivity contribution in [3.63, 3.8) is 0 Å². The summed E-state index contributed by atoms with van der Waals surface area (Å²) in [6.45, 7) is 9.64. The fourth-order valence-corrected chi connectivity index (χ4v) is 5.27. The van der Waals surface area contributed by atoms with Crippen LogP contribution < -0.4 is 5.32 Å². The van der Waals surface area contributed by atoms with E-state index in [9.17, 15) is 23.8 Å². The Morgan fingerprint density at radius 3 is 1.93 bits per heavy atom. The van der Waals surface area contributed by atoms with Crippen molar-refractivity contribution < 1.29 is 28.3 Å². The van der Waals surface area contributed by atoms with Crippen molar-refractivity contribution in [3.05, 3.63) is 34.9 Å². The van der Waals surface area contributed by atoms with Gasteiger partial charge in [0.05, 0.1) is 6.61 Å². The molecule has 0 heterocycles. The molecule has 0 aromatic carbocycles. The zero-order chi connectivity index (χ0) is 21.1. The Morgan fingerprint density at radius 1 is 0.964 bits per heavy atom. The van der Waals surface area contributed by atoms with Crippen LogP contribution in [0.15, 0.2) is 34.9 Å². The Morgan fingerprint density at radius 2 is 1.46 bits per heavy atom. The fourth-order valence-electron chi connectivity index (χ4n) is 2.36. The third kappa shape index (κ3) is 14.5. The van der Waals surface area contributed by atoms with Crippen LogP contribution in [0.2, 0.25) is 0 Å². The molecule has 0 aliphatic heterocycles. The zero-order valence-corrected chi connectivity index (χ0v) is 18.8. The van der Waals surface area contributed by atoms with E-state index >= 15 is 0 Å². The molecule has 28 heavy (non-hydrogen) atoms. The van der Waals surface area contributed by atoms with Crippen molar-refractivity contribution in [1.82, 2.24) is 5.32 Å². The fraction of sp³-hybridized carbons (Fsp3) is 0.667. The zero-order valence-electron chi connectivity index (χ0n) is 17.0. The maximum atomic E-state index is 12.0. The van der Waals surface area contributed by atoms with Crippen LogP contribution in [-0.2, 0) is 13.7 Å². The minimum absolute atomic E-state index is 0. The first-order valence-electron chi connectivity index (χ1n) is 9.10. The van der Waals surface area contributed by atoms with E-state index < -0.39 is 20.7 Å². The molecule has 0 fully saturated rings. The van der Waals surface area contributed by atoms with E-state index in [4.69, 9.17) is 0 Å². The van der Waals surface area contributed by atoms with Crippen molar-refractivity contribution in [2.75, 3.05) is 13.2 Å². The van der Waals surface area contributed by atoms with Crippen LogP contribution in [0.4, 0.5) is 0 Å². The van der Waals surface area contributed by atoms with E-state index in [1.807, 2.05) is 6.92 Å². The summed E-state index contributed by atoms with van der Waals surface area (Å²) in [6, 6.07) is 0. The first-order chi connectivity index (χ1) is 12.4. The Hall–Kier alpha value is 0.480. The van der Waals surface area contributed by atoms with E-state index in [-0.39, 0.29) is 42.7 Å². The molecule has 0 radical (unpaired) electrons. The Bertz CT molecular complexity index is 638. The number of hydrogen-bond acceptors (Lipinski definition) is 4. The minimum atomic E-state index is -4.83. The normalized spacial score (nSPS) is 16.1. The van der Waals surface area contributed by atoms with Gasteiger partial charge in [0.2, 0.25) is 5.52 Å². The van der Waals surface area contributed by atoms with E-state index in [0.29, 0.717) is 0 Å². The summed E-state index contributed by atoms with van der Waals surface area (Å²) in [5.74, 6) is 0. The molecule has 0 aromatic rings. The van der Waals surface area contributed by atoms with Crippen LogP contribution in [0, 0.1) is 0 Å². The number of allylic oxidation sites excluding steroid dienone is 5. The van der Waals surface area contributed by atoms with Gasteiger partial charge in [0.25, 0.3) is 0 Å². The second-order valence-corrected chi connectivity index (χ2v) is 10.8. The second kappa shape index (κ2) is 15.3. The first kappa shape index (κ1) is 30.7. The molecule has 10 heteroatoms. The summed E-state index contributed by atoms with van der Waals surface area (Å²) in [7, 11) is -9.29. The van der Waals surface area contributed by atoms with Gasteiger partial charge in [-0.05, 0) is 60.3 Å². The van der Waals surface area contributed by atoms with Crippen LogP contribution in [0.5, 0.6) is 0 Å². The molecule has 0 bridgehead atoms. The molecule has 0 aliphatic carbocycles. The monoisotopic (exact) mass is 447 g/mol. The number of rotatable bonds is 13. The van der Waals surface area contributed by atoms with Crippen molar-refractivity contribution >= 4 is 44.7 Å². The molecule has 0 aromatic heterocycles. The van der Waals surface area contributed by atoms with E-state index in [2.05, 4.69) is 42.8 Å². The molecule has 7 nitrogen and oxygen atoms in total. The molecule has 0 rings (SSSR count). The van der Waals surface area contributed by atoms with Gasteiger partial charge < -0.3 is 19.2 Å². The molecule has 2 atom stereocenters. The quantitative estimate of drug-likeness (QED) is 0.191.